The Hall–Kier alpha value is -0.770. The summed E-state index contributed by atoms with van der Waals surface area (Å²) >= 11 is 5.62. The molecule has 148 valence electrons. The maximum Gasteiger partial charge on any atom is 0.306 e. The number of unbranched alkanes of at least 4 members (excludes halogenated alkanes) is 6. The first-order valence-corrected chi connectivity index (χ1v) is 10.5. The Bertz CT molecular complexity index is 334. The Labute approximate surface area is 159 Å². The van der Waals surface area contributed by atoms with Gasteiger partial charge in [-0.3, -0.25) is 9.59 Å². The number of hydrogen-bond donors (Lipinski definition) is 0. The summed E-state index contributed by atoms with van der Waals surface area (Å²) in [5.74, 6) is 0.557. The van der Waals surface area contributed by atoms with E-state index in [-0.39, 0.29) is 24.8 Å². The fourth-order valence-corrected chi connectivity index (χ4v) is 2.74. The van der Waals surface area contributed by atoms with Crippen LogP contribution in [0.15, 0.2) is 0 Å². The minimum atomic E-state index is -0.308. The highest BCUT2D eigenvalue weighted by atomic mass is 35.5. The summed E-state index contributed by atoms with van der Waals surface area (Å²) in [6.45, 7) is 5.18. The van der Waals surface area contributed by atoms with E-state index < -0.39 is 0 Å². The lowest BCUT2D eigenvalue weighted by molar-refractivity contribution is -0.151. The summed E-state index contributed by atoms with van der Waals surface area (Å²) in [6.07, 6.45) is 11.2. The molecule has 0 heterocycles. The van der Waals surface area contributed by atoms with Crippen LogP contribution in [0.5, 0.6) is 0 Å². The zero-order valence-electron chi connectivity index (χ0n) is 16.2. The molecule has 0 aliphatic rings. The maximum absolute atomic E-state index is 11.7. The molecule has 0 radical (unpaired) electrons. The van der Waals surface area contributed by atoms with Crippen LogP contribution < -0.4 is 0 Å². The lowest BCUT2D eigenvalue weighted by Crippen LogP contribution is -2.15. The minimum Gasteiger partial charge on any atom is -0.466 e. The highest BCUT2D eigenvalue weighted by molar-refractivity contribution is 6.17. The van der Waals surface area contributed by atoms with Gasteiger partial charge in [-0.25, -0.2) is 0 Å². The lowest BCUT2D eigenvalue weighted by Gasteiger charge is -2.14. The van der Waals surface area contributed by atoms with Gasteiger partial charge in [-0.05, 0) is 25.2 Å². The number of carbonyl (C=O) groups excluding carboxylic acids is 2. The summed E-state index contributed by atoms with van der Waals surface area (Å²) < 4.78 is 10.4. The molecular formula is C20H37ClO4. The van der Waals surface area contributed by atoms with Crippen LogP contribution in [-0.4, -0.2) is 31.0 Å². The Morgan fingerprint density at radius 3 is 2.04 bits per heavy atom. The van der Waals surface area contributed by atoms with Gasteiger partial charge in [0.05, 0.1) is 26.1 Å². The molecule has 0 bridgehead atoms. The summed E-state index contributed by atoms with van der Waals surface area (Å²) in [5, 5.41) is 0. The predicted octanol–water partition coefficient (Wildman–Crippen LogP) is 5.65. The minimum absolute atomic E-state index is 0.111. The largest absolute Gasteiger partial charge is 0.466 e. The van der Waals surface area contributed by atoms with Crippen molar-refractivity contribution < 1.29 is 19.1 Å². The molecule has 0 amide bonds. The molecular weight excluding hydrogens is 340 g/mol. The molecule has 0 aromatic rings. The van der Waals surface area contributed by atoms with E-state index in [0.717, 1.165) is 57.2 Å². The molecule has 0 aromatic heterocycles. The second kappa shape index (κ2) is 18.0. The third kappa shape index (κ3) is 16.4. The molecule has 1 atom stereocenters. The number of hydrogen-bond acceptors (Lipinski definition) is 4. The van der Waals surface area contributed by atoms with Gasteiger partial charge in [-0.15, -0.1) is 11.6 Å². The van der Waals surface area contributed by atoms with Gasteiger partial charge < -0.3 is 9.47 Å². The van der Waals surface area contributed by atoms with Crippen molar-refractivity contribution >= 4 is 23.5 Å². The van der Waals surface area contributed by atoms with Gasteiger partial charge in [-0.2, -0.15) is 0 Å². The topological polar surface area (TPSA) is 52.6 Å². The van der Waals surface area contributed by atoms with Crippen LogP contribution in [0.3, 0.4) is 0 Å². The average molecular weight is 377 g/mol. The number of halogens is 1. The first kappa shape index (κ1) is 24.2. The van der Waals surface area contributed by atoms with Gasteiger partial charge >= 0.3 is 11.9 Å². The average Bonchev–Trinajstić information content (AvgIpc) is 2.62. The first-order valence-electron chi connectivity index (χ1n) is 10.0. The van der Waals surface area contributed by atoms with Crippen molar-refractivity contribution in [3.05, 3.63) is 0 Å². The van der Waals surface area contributed by atoms with Crippen LogP contribution in [-0.2, 0) is 19.1 Å². The molecule has 0 fully saturated rings. The second-order valence-corrected chi connectivity index (χ2v) is 7.01. The standard InChI is InChI=1S/C20H37ClO4/c1-3-5-12-18(4-2)17-25-20(23)14-13-19(22)24-16-11-9-7-6-8-10-15-21/h18H,3-17H2,1-2H3. The molecule has 0 spiro atoms. The second-order valence-electron chi connectivity index (χ2n) is 6.63. The molecule has 0 aliphatic heterocycles. The number of carbonyl (C=O) groups is 2. The summed E-state index contributed by atoms with van der Waals surface area (Å²) in [6, 6.07) is 0. The molecule has 0 saturated heterocycles. The van der Waals surface area contributed by atoms with E-state index in [1.165, 1.54) is 12.8 Å². The molecule has 25 heavy (non-hydrogen) atoms. The van der Waals surface area contributed by atoms with Crippen LogP contribution in [0.1, 0.15) is 90.9 Å². The molecule has 0 N–H and O–H groups in total. The van der Waals surface area contributed by atoms with Crippen LogP contribution >= 0.6 is 11.6 Å². The molecule has 0 rings (SSSR count). The molecule has 5 heteroatoms. The quantitative estimate of drug-likeness (QED) is 0.187. The van der Waals surface area contributed by atoms with E-state index in [2.05, 4.69) is 13.8 Å². The molecule has 0 saturated carbocycles. The van der Waals surface area contributed by atoms with Crippen LogP contribution in [0.2, 0.25) is 0 Å². The van der Waals surface area contributed by atoms with Crippen molar-refractivity contribution in [3.63, 3.8) is 0 Å². The summed E-state index contributed by atoms with van der Waals surface area (Å²) in [5.41, 5.74) is 0. The fraction of sp³-hybridized carbons (Fsp3) is 0.900. The highest BCUT2D eigenvalue weighted by Crippen LogP contribution is 2.13. The summed E-state index contributed by atoms with van der Waals surface area (Å²) in [7, 11) is 0. The van der Waals surface area contributed by atoms with Gasteiger partial charge in [0, 0.05) is 5.88 Å². The van der Waals surface area contributed by atoms with Gasteiger partial charge in [-0.1, -0.05) is 58.8 Å². The van der Waals surface area contributed by atoms with Crippen molar-refractivity contribution in [1.82, 2.24) is 0 Å². The highest BCUT2D eigenvalue weighted by Gasteiger charge is 2.12. The van der Waals surface area contributed by atoms with Gasteiger partial charge in [0.15, 0.2) is 0 Å². The van der Waals surface area contributed by atoms with Crippen LogP contribution in [0.25, 0.3) is 0 Å². The number of esters is 2. The zero-order valence-corrected chi connectivity index (χ0v) is 17.0. The van der Waals surface area contributed by atoms with Crippen molar-refractivity contribution in [2.45, 2.75) is 90.9 Å². The van der Waals surface area contributed by atoms with Crippen molar-refractivity contribution in [2.24, 2.45) is 5.92 Å². The van der Waals surface area contributed by atoms with E-state index in [1.54, 1.807) is 0 Å². The molecule has 4 nitrogen and oxygen atoms in total. The fourth-order valence-electron chi connectivity index (χ4n) is 2.55. The monoisotopic (exact) mass is 376 g/mol. The van der Waals surface area contributed by atoms with E-state index in [4.69, 9.17) is 21.1 Å². The molecule has 1 unspecified atom stereocenters. The Morgan fingerprint density at radius 2 is 1.44 bits per heavy atom. The van der Waals surface area contributed by atoms with E-state index in [0.29, 0.717) is 19.1 Å². The Balaban J connectivity index is 3.55. The van der Waals surface area contributed by atoms with Crippen molar-refractivity contribution in [3.8, 4) is 0 Å². The Morgan fingerprint density at radius 1 is 0.840 bits per heavy atom. The molecule has 0 aliphatic carbocycles. The number of rotatable bonds is 17. The van der Waals surface area contributed by atoms with E-state index in [9.17, 15) is 9.59 Å². The first-order chi connectivity index (χ1) is 12.1. The van der Waals surface area contributed by atoms with Gasteiger partial charge in [0.25, 0.3) is 0 Å². The third-order valence-corrected chi connectivity index (χ3v) is 4.61. The van der Waals surface area contributed by atoms with E-state index >= 15 is 0 Å². The smallest absolute Gasteiger partial charge is 0.306 e. The van der Waals surface area contributed by atoms with Gasteiger partial charge in [0.1, 0.15) is 0 Å². The van der Waals surface area contributed by atoms with Crippen molar-refractivity contribution in [1.29, 1.82) is 0 Å². The number of ether oxygens (including phenoxy) is 2. The van der Waals surface area contributed by atoms with Crippen LogP contribution in [0.4, 0.5) is 0 Å². The van der Waals surface area contributed by atoms with Gasteiger partial charge in [0.2, 0.25) is 0 Å². The Kier molecular flexibility index (Phi) is 17.5. The SMILES string of the molecule is CCCCC(CC)COC(=O)CCC(=O)OCCCCCCCCCl. The third-order valence-electron chi connectivity index (χ3n) is 4.35. The van der Waals surface area contributed by atoms with Crippen LogP contribution in [0, 0.1) is 5.92 Å². The predicted molar refractivity (Wildman–Crippen MR) is 103 cm³/mol. The molecule has 0 aromatic carbocycles. The number of alkyl halides is 1. The van der Waals surface area contributed by atoms with Crippen molar-refractivity contribution in [2.75, 3.05) is 19.1 Å². The zero-order chi connectivity index (χ0) is 18.8. The summed E-state index contributed by atoms with van der Waals surface area (Å²) in [4.78, 5) is 23.3. The maximum atomic E-state index is 11.7. The lowest BCUT2D eigenvalue weighted by atomic mass is 10.0. The van der Waals surface area contributed by atoms with E-state index in [1.807, 2.05) is 0 Å². The normalized spacial score (nSPS) is 12.0.